The minimum absolute atomic E-state index is 0.0198. The summed E-state index contributed by atoms with van der Waals surface area (Å²) in [5, 5.41) is 2.06. The number of nitrogens with zero attached hydrogens (tertiary/aromatic N) is 4. The molecule has 0 unspecified atom stereocenters. The van der Waals surface area contributed by atoms with Crippen LogP contribution in [0.25, 0.3) is 11.0 Å². The standard InChI is InChI=1S/C29H37N5O2S/c1-16-21(34-13-11-18-24(30)31-15-32-25(18)34)22-23(36-28(4,5)35-22)29(16,6)12-10-17-8-9-19-20(14-17)33-26(37-7)27(19,2)3/h8-9,11,13-16,21-23H,10,12H2,1-7H3,(H2,30,31,32)/t16-,21-,22+,23+,29+/m1/s1. The first-order valence-corrected chi connectivity index (χ1v) is 14.4. The molecule has 3 aliphatic rings. The number of rotatable bonds is 4. The highest BCUT2D eigenvalue weighted by atomic mass is 32.2. The van der Waals surface area contributed by atoms with E-state index in [0.29, 0.717) is 11.7 Å². The fraction of sp³-hybridized carbons (Fsp3) is 0.552. The van der Waals surface area contributed by atoms with Gasteiger partial charge in [-0.25, -0.2) is 15.0 Å². The fourth-order valence-corrected chi connectivity index (χ4v) is 7.73. The second-order valence-corrected chi connectivity index (χ2v) is 12.9. The summed E-state index contributed by atoms with van der Waals surface area (Å²) in [7, 11) is 0. The number of thioether (sulfide) groups is 1. The summed E-state index contributed by atoms with van der Waals surface area (Å²) in [6.07, 6.45) is 7.59. The number of aryl methyl sites for hydroxylation is 1. The molecule has 2 fully saturated rings. The number of hydrogen-bond donors (Lipinski definition) is 1. The van der Waals surface area contributed by atoms with E-state index in [1.54, 1.807) is 18.1 Å². The van der Waals surface area contributed by atoms with Gasteiger partial charge in [-0.2, -0.15) is 0 Å². The number of ether oxygens (including phenoxy) is 2. The highest BCUT2D eigenvalue weighted by Gasteiger charge is 2.63. The fourth-order valence-electron chi connectivity index (χ4n) is 6.92. The van der Waals surface area contributed by atoms with Gasteiger partial charge in [0.15, 0.2) is 5.79 Å². The lowest BCUT2D eigenvalue weighted by Gasteiger charge is -2.37. The molecule has 6 rings (SSSR count). The zero-order valence-corrected chi connectivity index (χ0v) is 23.6. The highest BCUT2D eigenvalue weighted by molar-refractivity contribution is 8.13. The minimum atomic E-state index is -0.631. The highest BCUT2D eigenvalue weighted by Crippen LogP contribution is 2.59. The maximum absolute atomic E-state index is 6.62. The first-order valence-electron chi connectivity index (χ1n) is 13.2. The van der Waals surface area contributed by atoms with E-state index in [2.05, 4.69) is 72.9 Å². The van der Waals surface area contributed by atoms with Crippen molar-refractivity contribution in [3.63, 3.8) is 0 Å². The lowest BCUT2D eigenvalue weighted by atomic mass is 9.74. The van der Waals surface area contributed by atoms with Crippen molar-refractivity contribution in [1.82, 2.24) is 14.5 Å². The van der Waals surface area contributed by atoms with Crippen LogP contribution in [0.15, 0.2) is 41.8 Å². The molecule has 4 heterocycles. The van der Waals surface area contributed by atoms with Crippen molar-refractivity contribution in [3.05, 3.63) is 47.9 Å². The molecule has 7 nitrogen and oxygen atoms in total. The SMILES string of the molecule is CSC1=Nc2cc(CC[C@@]3(C)[C@H](C)[C@@H](n4ccc5c(N)ncnc54)[C@@H]4OC(C)(C)O[C@@H]43)ccc2C1(C)C. The van der Waals surface area contributed by atoms with E-state index in [1.165, 1.54) is 16.2 Å². The monoisotopic (exact) mass is 519 g/mol. The van der Waals surface area contributed by atoms with Gasteiger partial charge in [0, 0.05) is 17.0 Å². The van der Waals surface area contributed by atoms with Crippen LogP contribution in [0.5, 0.6) is 0 Å². The van der Waals surface area contributed by atoms with Crippen molar-refractivity contribution >= 4 is 39.3 Å². The average molecular weight is 520 g/mol. The van der Waals surface area contributed by atoms with E-state index in [0.717, 1.165) is 29.6 Å². The molecule has 0 spiro atoms. The molecule has 8 heteroatoms. The molecule has 37 heavy (non-hydrogen) atoms. The molecule has 1 saturated heterocycles. The summed E-state index contributed by atoms with van der Waals surface area (Å²) in [5.74, 6) is 0.165. The van der Waals surface area contributed by atoms with E-state index in [-0.39, 0.29) is 29.1 Å². The Morgan fingerprint density at radius 1 is 1.08 bits per heavy atom. The Balaban J connectivity index is 1.32. The van der Waals surface area contributed by atoms with E-state index < -0.39 is 5.79 Å². The molecule has 0 amide bonds. The van der Waals surface area contributed by atoms with Crippen molar-refractivity contribution < 1.29 is 9.47 Å². The van der Waals surface area contributed by atoms with Gasteiger partial charge in [-0.1, -0.05) is 26.0 Å². The summed E-state index contributed by atoms with van der Waals surface area (Å²) in [4.78, 5) is 13.7. The van der Waals surface area contributed by atoms with Crippen LogP contribution < -0.4 is 5.73 Å². The summed E-state index contributed by atoms with van der Waals surface area (Å²) in [6.45, 7) is 13.3. The normalized spacial score (nSPS) is 31.5. The van der Waals surface area contributed by atoms with E-state index in [1.807, 2.05) is 19.9 Å². The zero-order chi connectivity index (χ0) is 26.3. The lowest BCUT2D eigenvalue weighted by Crippen LogP contribution is -2.37. The van der Waals surface area contributed by atoms with Gasteiger partial charge in [0.2, 0.25) is 0 Å². The number of nitrogen functional groups attached to an aromatic ring is 1. The van der Waals surface area contributed by atoms with Crippen LogP contribution in [-0.2, 0) is 21.3 Å². The minimum Gasteiger partial charge on any atom is -0.383 e. The molecule has 2 aliphatic heterocycles. The third-order valence-electron chi connectivity index (χ3n) is 9.17. The second kappa shape index (κ2) is 8.29. The molecule has 1 saturated carbocycles. The van der Waals surface area contributed by atoms with Gasteiger partial charge in [-0.05, 0) is 76.0 Å². The van der Waals surface area contributed by atoms with E-state index in [4.69, 9.17) is 20.2 Å². The third-order valence-corrected chi connectivity index (χ3v) is 10.2. The largest absolute Gasteiger partial charge is 0.383 e. The van der Waals surface area contributed by atoms with Crippen LogP contribution in [0.1, 0.15) is 65.1 Å². The predicted molar refractivity (Wildman–Crippen MR) is 150 cm³/mol. The van der Waals surface area contributed by atoms with Crippen LogP contribution >= 0.6 is 11.8 Å². The van der Waals surface area contributed by atoms with Crippen molar-refractivity contribution in [3.8, 4) is 0 Å². The first-order chi connectivity index (χ1) is 17.5. The zero-order valence-electron chi connectivity index (χ0n) is 22.8. The Kier molecular flexibility index (Phi) is 5.58. The van der Waals surface area contributed by atoms with Crippen molar-refractivity contribution in [2.45, 2.75) is 83.8 Å². The van der Waals surface area contributed by atoms with Gasteiger partial charge in [0.25, 0.3) is 0 Å². The van der Waals surface area contributed by atoms with Crippen LogP contribution in [0, 0.1) is 11.3 Å². The molecule has 196 valence electrons. The number of nitrogens with two attached hydrogens (primary N) is 1. The maximum atomic E-state index is 6.62. The smallest absolute Gasteiger partial charge is 0.163 e. The number of benzene rings is 1. The number of hydrogen-bond acceptors (Lipinski definition) is 7. The molecule has 0 radical (unpaired) electrons. The quantitative estimate of drug-likeness (QED) is 0.452. The molecular formula is C29H37N5O2S. The number of anilines is 1. The number of aromatic nitrogens is 3. The van der Waals surface area contributed by atoms with Crippen molar-refractivity contribution in [1.29, 1.82) is 0 Å². The Labute approximate surface area is 223 Å². The average Bonchev–Trinajstić information content (AvgIpc) is 3.53. The van der Waals surface area contributed by atoms with Gasteiger partial charge in [-0.3, -0.25) is 0 Å². The van der Waals surface area contributed by atoms with Gasteiger partial charge in [-0.15, -0.1) is 11.8 Å². The lowest BCUT2D eigenvalue weighted by molar-refractivity contribution is -0.175. The summed E-state index contributed by atoms with van der Waals surface area (Å²) in [6, 6.07) is 8.94. The molecule has 2 N–H and O–H groups in total. The Hall–Kier alpha value is -2.42. The molecule has 3 aromatic rings. The topological polar surface area (TPSA) is 87.6 Å². The summed E-state index contributed by atoms with van der Waals surface area (Å²) < 4.78 is 15.4. The first kappa shape index (κ1) is 24.9. The maximum Gasteiger partial charge on any atom is 0.163 e. The molecule has 1 aromatic carbocycles. The Bertz CT molecular complexity index is 1410. The van der Waals surface area contributed by atoms with E-state index >= 15 is 0 Å². The summed E-state index contributed by atoms with van der Waals surface area (Å²) >= 11 is 1.75. The molecule has 2 aromatic heterocycles. The van der Waals surface area contributed by atoms with Crippen molar-refractivity contribution in [2.24, 2.45) is 16.3 Å². The van der Waals surface area contributed by atoms with Crippen LogP contribution in [0.4, 0.5) is 11.5 Å². The van der Waals surface area contributed by atoms with Gasteiger partial charge in [0.1, 0.15) is 23.9 Å². The van der Waals surface area contributed by atoms with Crippen LogP contribution in [0.2, 0.25) is 0 Å². The van der Waals surface area contributed by atoms with E-state index in [9.17, 15) is 0 Å². The number of fused-ring (bicyclic) bond motifs is 3. The second-order valence-electron chi connectivity index (χ2n) is 12.1. The van der Waals surface area contributed by atoms with Gasteiger partial charge in [0.05, 0.1) is 28.3 Å². The van der Waals surface area contributed by atoms with Gasteiger partial charge < -0.3 is 19.8 Å². The molecule has 0 bridgehead atoms. The Morgan fingerprint density at radius 3 is 2.62 bits per heavy atom. The Morgan fingerprint density at radius 2 is 1.86 bits per heavy atom. The van der Waals surface area contributed by atoms with Crippen LogP contribution in [-0.4, -0.2) is 43.8 Å². The van der Waals surface area contributed by atoms with Gasteiger partial charge >= 0.3 is 0 Å². The molecular weight excluding hydrogens is 482 g/mol. The van der Waals surface area contributed by atoms with Crippen LogP contribution in [0.3, 0.4) is 0 Å². The number of aliphatic imine (C=N–C) groups is 1. The third kappa shape index (κ3) is 3.67. The summed E-state index contributed by atoms with van der Waals surface area (Å²) in [5.41, 5.74) is 10.6. The molecule has 5 atom stereocenters. The van der Waals surface area contributed by atoms with Crippen molar-refractivity contribution in [2.75, 3.05) is 12.0 Å². The predicted octanol–water partition coefficient (Wildman–Crippen LogP) is 6.05. The molecule has 1 aliphatic carbocycles.